The molecular formula is C86H110N2O5Si. The highest BCUT2D eigenvalue weighted by Crippen LogP contribution is 2.51. The molecule has 0 saturated carbocycles. The Balaban J connectivity index is 1.07. The SMILES string of the molecule is COc1ccc(O[C@H](C)[SiH2][C@@H](C)Oc2ccc(C)cc2-c2cc(C(C)(C)CC(C)(C)C)cc(-n3c4ccc(C(C)(C)C)cc4c4cc(C(C)(C)C)ccc43)c2O)c(-c2cc(C(C)(C)CC(C)(C)C)cc(-n3c4ccc(C(C)(C)C)cc4c4cc(C(C)(C)C)ccc43)c2O)c1. The van der Waals surface area contributed by atoms with Crippen LogP contribution in [-0.2, 0) is 32.5 Å². The van der Waals surface area contributed by atoms with Gasteiger partial charge in [-0.05, 0) is 213 Å². The second kappa shape index (κ2) is 24.3. The van der Waals surface area contributed by atoms with Crippen molar-refractivity contribution in [2.24, 2.45) is 10.8 Å². The summed E-state index contributed by atoms with van der Waals surface area (Å²) in [6.07, 6.45) is 1.83. The van der Waals surface area contributed by atoms with Crippen LogP contribution in [0.4, 0.5) is 0 Å². The quantitative estimate of drug-likeness (QED) is 0.100. The normalized spacial score (nSPS) is 14.1. The van der Waals surface area contributed by atoms with E-state index >= 15 is 0 Å². The van der Waals surface area contributed by atoms with E-state index in [1.807, 2.05) is 18.2 Å². The molecular weight excluding hydrogens is 1170 g/mol. The van der Waals surface area contributed by atoms with Crippen LogP contribution in [0.25, 0.3) is 77.2 Å². The molecule has 2 atom stereocenters. The molecule has 2 N–H and O–H groups in total. The van der Waals surface area contributed by atoms with Crippen molar-refractivity contribution in [3.63, 3.8) is 0 Å². The van der Waals surface area contributed by atoms with E-state index in [9.17, 15) is 10.2 Å². The van der Waals surface area contributed by atoms with Crippen LogP contribution in [0.15, 0.2) is 133 Å². The van der Waals surface area contributed by atoms with Gasteiger partial charge in [-0.1, -0.05) is 188 Å². The predicted octanol–water partition coefficient (Wildman–Crippen LogP) is 22.9. The van der Waals surface area contributed by atoms with Gasteiger partial charge in [-0.15, -0.1) is 0 Å². The molecule has 10 aromatic rings. The number of hydrogen-bond donors (Lipinski definition) is 2. The van der Waals surface area contributed by atoms with Gasteiger partial charge in [0.05, 0.1) is 52.0 Å². The lowest BCUT2D eigenvalue weighted by molar-refractivity contribution is 0.262. The maximum Gasteiger partial charge on any atom is 0.147 e. The summed E-state index contributed by atoms with van der Waals surface area (Å²) in [5.74, 6) is 2.41. The number of methoxy groups -OCH3 is 1. The molecule has 0 radical (unpaired) electrons. The molecule has 0 fully saturated rings. The number of benzene rings is 8. The van der Waals surface area contributed by atoms with E-state index in [4.69, 9.17) is 14.2 Å². The molecule has 0 unspecified atom stereocenters. The van der Waals surface area contributed by atoms with Crippen molar-refractivity contribution in [2.45, 2.75) is 230 Å². The monoisotopic (exact) mass is 1280 g/mol. The van der Waals surface area contributed by atoms with Crippen LogP contribution in [0.5, 0.6) is 28.7 Å². The van der Waals surface area contributed by atoms with E-state index in [1.165, 1.54) is 33.0 Å². The van der Waals surface area contributed by atoms with Crippen molar-refractivity contribution < 1.29 is 24.4 Å². The summed E-state index contributed by atoms with van der Waals surface area (Å²) < 4.78 is 25.0. The van der Waals surface area contributed by atoms with Crippen LogP contribution in [0, 0.1) is 17.8 Å². The van der Waals surface area contributed by atoms with Gasteiger partial charge in [-0.2, -0.15) is 0 Å². The third-order valence-electron chi connectivity index (χ3n) is 19.4. The van der Waals surface area contributed by atoms with Crippen LogP contribution in [-0.4, -0.2) is 47.4 Å². The summed E-state index contributed by atoms with van der Waals surface area (Å²) in [5, 5.41) is 31.3. The second-order valence-corrected chi connectivity index (χ2v) is 38.3. The minimum absolute atomic E-state index is 0.0154. The molecule has 498 valence electrons. The lowest BCUT2D eigenvalue weighted by atomic mass is 9.71. The van der Waals surface area contributed by atoms with Gasteiger partial charge < -0.3 is 33.6 Å². The van der Waals surface area contributed by atoms with E-state index in [0.29, 0.717) is 22.8 Å². The molecule has 7 nitrogen and oxygen atoms in total. The third kappa shape index (κ3) is 14.1. The zero-order valence-electron chi connectivity index (χ0n) is 62.0. The Morgan fingerprint density at radius 2 is 0.691 bits per heavy atom. The van der Waals surface area contributed by atoms with Gasteiger partial charge in [0.25, 0.3) is 0 Å². The molecule has 0 bridgehead atoms. The number of aryl methyl sites for hydroxylation is 1. The molecule has 2 aromatic heterocycles. The van der Waals surface area contributed by atoms with Gasteiger partial charge in [-0.3, -0.25) is 0 Å². The highest BCUT2D eigenvalue weighted by atomic mass is 28.2. The topological polar surface area (TPSA) is 78.0 Å². The van der Waals surface area contributed by atoms with Crippen molar-refractivity contribution in [1.29, 1.82) is 0 Å². The Morgan fingerprint density at radius 3 is 1.00 bits per heavy atom. The van der Waals surface area contributed by atoms with E-state index in [2.05, 4.69) is 297 Å². The molecule has 2 heterocycles. The number of nitrogens with zero attached hydrogens (tertiary/aromatic N) is 2. The van der Waals surface area contributed by atoms with Gasteiger partial charge in [0.15, 0.2) is 0 Å². The van der Waals surface area contributed by atoms with Crippen molar-refractivity contribution in [3.05, 3.63) is 172 Å². The molecule has 0 aliphatic carbocycles. The number of rotatable bonds is 15. The van der Waals surface area contributed by atoms with Gasteiger partial charge in [0, 0.05) is 43.8 Å². The minimum atomic E-state index is -1.20. The zero-order valence-corrected chi connectivity index (χ0v) is 63.4. The van der Waals surface area contributed by atoms with Gasteiger partial charge in [0.2, 0.25) is 0 Å². The van der Waals surface area contributed by atoms with Crippen LogP contribution >= 0.6 is 0 Å². The number of phenolic OH excluding ortho intramolecular Hbond substituents is 2. The summed E-state index contributed by atoms with van der Waals surface area (Å²) in [5.41, 5.74) is 15.8. The summed E-state index contributed by atoms with van der Waals surface area (Å²) in [6, 6.07) is 48.7. The van der Waals surface area contributed by atoms with Crippen LogP contribution in [0.2, 0.25) is 0 Å². The van der Waals surface area contributed by atoms with Crippen LogP contribution in [0.1, 0.15) is 218 Å². The summed E-state index contributed by atoms with van der Waals surface area (Å²) in [7, 11) is 0.486. The highest BCUT2D eigenvalue weighted by Gasteiger charge is 2.34. The second-order valence-electron chi connectivity index (χ2n) is 35.6. The Bertz CT molecular complexity index is 4380. The fraction of sp³-hybridized carbons (Fsp3) is 0.442. The fourth-order valence-corrected chi connectivity index (χ4v) is 16.4. The molecule has 8 aromatic carbocycles. The largest absolute Gasteiger partial charge is 0.505 e. The first-order chi connectivity index (χ1) is 43.3. The number of phenols is 2. The Kier molecular flexibility index (Phi) is 18.0. The van der Waals surface area contributed by atoms with Crippen molar-refractivity contribution in [2.75, 3.05) is 7.11 Å². The Labute approximate surface area is 566 Å². The van der Waals surface area contributed by atoms with E-state index in [1.54, 1.807) is 7.11 Å². The van der Waals surface area contributed by atoms with Gasteiger partial charge in [0.1, 0.15) is 38.3 Å². The van der Waals surface area contributed by atoms with E-state index in [-0.39, 0.29) is 66.3 Å². The Hall–Kier alpha value is -7.42. The molecule has 0 aliphatic heterocycles. The standard InChI is InChI=1S/C86H110N2O5Si/c1-51-27-37-75(65(39-51)67-44-58(85(22,23)49-79(4,5)6)46-73(77(67)89)87-69-33-28-54(81(10,11)12)40-61(69)62-41-55(82(13,14)15)29-34-70(62)87)92-52(2)94-53(3)93-76-38-32-60(91-26)48-66(76)68-45-59(86(24,25)50-80(7,8)9)47-74(78(68)90)88-71-35-30-56(83(16,17)18)42-63(71)64-43-57(84(19,20)21)31-36-72(64)88/h27-48,52-53,89-90H,49-50,94H2,1-26H3/t52-,53-/m0/s1. The number of hydrogen-bond acceptors (Lipinski definition) is 5. The molecule has 0 aliphatic rings. The van der Waals surface area contributed by atoms with Gasteiger partial charge >= 0.3 is 0 Å². The summed E-state index contributed by atoms with van der Waals surface area (Å²) in [4.78, 5) is 0. The van der Waals surface area contributed by atoms with E-state index < -0.39 is 9.52 Å². The minimum Gasteiger partial charge on any atom is -0.505 e. The maximum absolute atomic E-state index is 13.3. The molecule has 0 saturated heterocycles. The number of aromatic hydroxyl groups is 2. The molecule has 10 rings (SSSR count). The summed E-state index contributed by atoms with van der Waals surface area (Å²) in [6.45, 7) is 56.9. The number of fused-ring (bicyclic) bond motifs is 6. The van der Waals surface area contributed by atoms with Gasteiger partial charge in [-0.25, -0.2) is 0 Å². The molecule has 0 spiro atoms. The van der Waals surface area contributed by atoms with Crippen LogP contribution in [0.3, 0.4) is 0 Å². The Morgan fingerprint density at radius 1 is 0.372 bits per heavy atom. The van der Waals surface area contributed by atoms with Crippen molar-refractivity contribution in [1.82, 2.24) is 9.13 Å². The van der Waals surface area contributed by atoms with Crippen LogP contribution < -0.4 is 14.2 Å². The zero-order chi connectivity index (χ0) is 69.1. The first-order valence-electron chi connectivity index (χ1n) is 34.4. The summed E-state index contributed by atoms with van der Waals surface area (Å²) >= 11 is 0. The van der Waals surface area contributed by atoms with E-state index in [0.717, 1.165) is 90.4 Å². The molecule has 8 heteroatoms. The molecule has 0 amide bonds. The lowest BCUT2D eigenvalue weighted by Crippen LogP contribution is -2.33. The third-order valence-corrected chi connectivity index (χ3v) is 21.0. The fourth-order valence-electron chi connectivity index (χ4n) is 15.0. The maximum atomic E-state index is 13.3. The average molecular weight is 1280 g/mol. The first kappa shape index (κ1) is 69.4. The average Bonchev–Trinajstić information content (AvgIpc) is 1.54. The number of ether oxygens (including phenoxy) is 3. The lowest BCUT2D eigenvalue weighted by Gasteiger charge is -2.34. The predicted molar refractivity (Wildman–Crippen MR) is 405 cm³/mol. The molecule has 94 heavy (non-hydrogen) atoms. The highest BCUT2D eigenvalue weighted by molar-refractivity contribution is 6.38. The van der Waals surface area contributed by atoms with Crippen molar-refractivity contribution in [3.8, 4) is 62.4 Å². The first-order valence-corrected chi connectivity index (χ1v) is 36.0. The number of aromatic nitrogens is 2. The van der Waals surface area contributed by atoms with Crippen molar-refractivity contribution >= 4 is 53.1 Å². The smallest absolute Gasteiger partial charge is 0.147 e.